The third kappa shape index (κ3) is 4.07. The van der Waals surface area contributed by atoms with E-state index >= 15 is 0 Å². The van der Waals surface area contributed by atoms with Gasteiger partial charge in [-0.25, -0.2) is 0 Å². The van der Waals surface area contributed by atoms with Crippen molar-refractivity contribution in [2.75, 3.05) is 13.1 Å². The molecule has 0 heterocycles. The molecule has 1 rings (SSSR count). The zero-order valence-electron chi connectivity index (χ0n) is 13.8. The van der Waals surface area contributed by atoms with Gasteiger partial charge in [0.05, 0.1) is 0 Å². The van der Waals surface area contributed by atoms with E-state index in [0.29, 0.717) is 0 Å². The molecule has 0 saturated heterocycles. The van der Waals surface area contributed by atoms with Gasteiger partial charge in [-0.15, -0.1) is 0 Å². The normalized spacial score (nSPS) is 12.1. The third-order valence-electron chi connectivity index (χ3n) is 4.67. The molecule has 20 heavy (non-hydrogen) atoms. The molecule has 0 unspecified atom stereocenters. The number of aryl methyl sites for hydroxylation is 1. The van der Waals surface area contributed by atoms with E-state index in [1.54, 1.807) is 0 Å². The molecule has 2 heteroatoms. The minimum absolute atomic E-state index is 0.152. The molecular formula is C18H32N2. The molecule has 0 spiro atoms. The van der Waals surface area contributed by atoms with Crippen LogP contribution in [-0.4, -0.2) is 23.5 Å². The average molecular weight is 276 g/mol. The smallest absolute Gasteiger partial charge is 0.0330 e. The van der Waals surface area contributed by atoms with Crippen LogP contribution in [0, 0.1) is 0 Å². The summed E-state index contributed by atoms with van der Waals surface area (Å²) in [6.07, 6.45) is 4.52. The van der Waals surface area contributed by atoms with Crippen LogP contribution in [0.5, 0.6) is 0 Å². The predicted molar refractivity (Wildman–Crippen MR) is 88.9 cm³/mol. The van der Waals surface area contributed by atoms with Crippen LogP contribution in [0.15, 0.2) is 24.3 Å². The lowest BCUT2D eigenvalue weighted by molar-refractivity contribution is 0.0766. The first-order valence-corrected chi connectivity index (χ1v) is 8.18. The maximum absolute atomic E-state index is 6.12. The number of rotatable bonds is 9. The van der Waals surface area contributed by atoms with Gasteiger partial charge < -0.3 is 5.73 Å². The number of nitrogens with zero attached hydrogens (tertiary/aromatic N) is 1. The van der Waals surface area contributed by atoms with Crippen molar-refractivity contribution in [2.45, 2.75) is 65.5 Å². The van der Waals surface area contributed by atoms with Gasteiger partial charge >= 0.3 is 0 Å². The highest BCUT2D eigenvalue weighted by atomic mass is 15.2. The first-order valence-electron chi connectivity index (χ1n) is 8.18. The number of nitrogens with two attached hydrogens (primary N) is 1. The SMILES string of the molecule is CCCN(Cc1ccc(CC)cc1)C(CC)(CC)CN. The zero-order valence-corrected chi connectivity index (χ0v) is 13.8. The molecule has 0 saturated carbocycles. The maximum atomic E-state index is 6.12. The van der Waals surface area contributed by atoms with E-state index in [9.17, 15) is 0 Å². The van der Waals surface area contributed by atoms with Crippen molar-refractivity contribution >= 4 is 0 Å². The van der Waals surface area contributed by atoms with Crippen molar-refractivity contribution in [1.29, 1.82) is 0 Å². The van der Waals surface area contributed by atoms with E-state index in [1.807, 2.05) is 0 Å². The Kier molecular flexibility index (Phi) is 7.25. The number of hydrogen-bond acceptors (Lipinski definition) is 2. The first-order chi connectivity index (χ1) is 9.65. The van der Waals surface area contributed by atoms with Gasteiger partial charge in [-0.05, 0) is 43.4 Å². The second kappa shape index (κ2) is 8.43. The van der Waals surface area contributed by atoms with E-state index in [2.05, 4.69) is 56.9 Å². The van der Waals surface area contributed by atoms with Crippen LogP contribution in [0.1, 0.15) is 58.1 Å². The molecule has 1 aromatic carbocycles. The van der Waals surface area contributed by atoms with Crippen LogP contribution < -0.4 is 5.73 Å². The highest BCUT2D eigenvalue weighted by molar-refractivity contribution is 5.22. The Morgan fingerprint density at radius 3 is 1.90 bits per heavy atom. The lowest BCUT2D eigenvalue weighted by Gasteiger charge is -2.42. The van der Waals surface area contributed by atoms with Gasteiger partial charge in [0.15, 0.2) is 0 Å². The molecule has 0 amide bonds. The molecule has 0 fully saturated rings. The van der Waals surface area contributed by atoms with E-state index in [0.717, 1.165) is 38.9 Å². The summed E-state index contributed by atoms with van der Waals surface area (Å²) in [6, 6.07) is 9.05. The molecule has 0 aromatic heterocycles. The molecule has 0 bridgehead atoms. The van der Waals surface area contributed by atoms with Gasteiger partial charge in [-0.2, -0.15) is 0 Å². The van der Waals surface area contributed by atoms with Crippen molar-refractivity contribution in [3.8, 4) is 0 Å². The Balaban J connectivity index is 2.89. The van der Waals surface area contributed by atoms with Crippen LogP contribution in [0.2, 0.25) is 0 Å². The van der Waals surface area contributed by atoms with Gasteiger partial charge in [0, 0.05) is 18.6 Å². The highest BCUT2D eigenvalue weighted by Crippen LogP contribution is 2.25. The molecule has 0 radical (unpaired) electrons. The van der Waals surface area contributed by atoms with Crippen LogP contribution in [0.25, 0.3) is 0 Å². The average Bonchev–Trinajstić information content (AvgIpc) is 2.50. The van der Waals surface area contributed by atoms with E-state index in [4.69, 9.17) is 5.73 Å². The van der Waals surface area contributed by atoms with E-state index in [-0.39, 0.29) is 5.54 Å². The molecule has 1 aromatic rings. The van der Waals surface area contributed by atoms with Crippen LogP contribution in [-0.2, 0) is 13.0 Å². The molecule has 0 aliphatic heterocycles. The monoisotopic (exact) mass is 276 g/mol. The number of hydrogen-bond donors (Lipinski definition) is 1. The highest BCUT2D eigenvalue weighted by Gasteiger charge is 2.31. The van der Waals surface area contributed by atoms with Crippen molar-refractivity contribution in [3.05, 3.63) is 35.4 Å². The van der Waals surface area contributed by atoms with Gasteiger partial charge in [0.25, 0.3) is 0 Å². The lowest BCUT2D eigenvalue weighted by Crippen LogP contribution is -2.53. The molecule has 0 aliphatic carbocycles. The molecule has 114 valence electrons. The van der Waals surface area contributed by atoms with Gasteiger partial charge in [-0.1, -0.05) is 52.0 Å². The topological polar surface area (TPSA) is 29.3 Å². The van der Waals surface area contributed by atoms with Crippen molar-refractivity contribution < 1.29 is 0 Å². The summed E-state index contributed by atoms with van der Waals surface area (Å²) in [6.45, 7) is 11.8. The minimum Gasteiger partial charge on any atom is -0.329 e. The number of benzene rings is 1. The molecule has 2 nitrogen and oxygen atoms in total. The summed E-state index contributed by atoms with van der Waals surface area (Å²) in [5.74, 6) is 0. The Hall–Kier alpha value is -0.860. The van der Waals surface area contributed by atoms with Crippen LogP contribution in [0.3, 0.4) is 0 Å². The Morgan fingerprint density at radius 1 is 0.950 bits per heavy atom. The summed E-state index contributed by atoms with van der Waals surface area (Å²) in [7, 11) is 0. The van der Waals surface area contributed by atoms with E-state index in [1.165, 1.54) is 17.5 Å². The fourth-order valence-electron chi connectivity index (χ4n) is 2.97. The Morgan fingerprint density at radius 2 is 1.50 bits per heavy atom. The van der Waals surface area contributed by atoms with Crippen LogP contribution >= 0.6 is 0 Å². The van der Waals surface area contributed by atoms with Gasteiger partial charge in [0.1, 0.15) is 0 Å². The summed E-state index contributed by atoms with van der Waals surface area (Å²) >= 11 is 0. The largest absolute Gasteiger partial charge is 0.329 e. The minimum atomic E-state index is 0.152. The van der Waals surface area contributed by atoms with Crippen molar-refractivity contribution in [1.82, 2.24) is 4.90 Å². The quantitative estimate of drug-likeness (QED) is 0.739. The fraction of sp³-hybridized carbons (Fsp3) is 0.667. The molecular weight excluding hydrogens is 244 g/mol. The molecule has 0 aliphatic rings. The first kappa shape index (κ1) is 17.2. The van der Waals surface area contributed by atoms with Crippen molar-refractivity contribution in [2.24, 2.45) is 5.73 Å². The summed E-state index contributed by atoms with van der Waals surface area (Å²) in [4.78, 5) is 2.59. The fourth-order valence-corrected chi connectivity index (χ4v) is 2.97. The van der Waals surface area contributed by atoms with Gasteiger partial charge in [0.2, 0.25) is 0 Å². The molecule has 0 atom stereocenters. The van der Waals surface area contributed by atoms with Crippen LogP contribution in [0.4, 0.5) is 0 Å². The zero-order chi connectivity index (χ0) is 15.0. The molecule has 2 N–H and O–H groups in total. The standard InChI is InChI=1S/C18H32N2/c1-5-13-20(18(7-3,8-4)15-19)14-17-11-9-16(6-2)10-12-17/h9-12H,5-8,13-15,19H2,1-4H3. The van der Waals surface area contributed by atoms with Gasteiger partial charge in [-0.3, -0.25) is 4.90 Å². The Labute approximate surface area is 125 Å². The summed E-state index contributed by atoms with van der Waals surface area (Å²) in [5, 5.41) is 0. The summed E-state index contributed by atoms with van der Waals surface area (Å²) < 4.78 is 0. The summed E-state index contributed by atoms with van der Waals surface area (Å²) in [5.41, 5.74) is 9.08. The third-order valence-corrected chi connectivity index (χ3v) is 4.67. The van der Waals surface area contributed by atoms with E-state index < -0.39 is 0 Å². The predicted octanol–water partition coefficient (Wildman–Crippen LogP) is 3.98. The van der Waals surface area contributed by atoms with Crippen molar-refractivity contribution in [3.63, 3.8) is 0 Å². The second-order valence-corrected chi connectivity index (χ2v) is 5.73. The second-order valence-electron chi connectivity index (χ2n) is 5.73. The maximum Gasteiger partial charge on any atom is 0.0330 e. The Bertz CT molecular complexity index is 357. The lowest BCUT2D eigenvalue weighted by atomic mass is 9.89.